The Labute approximate surface area is 105 Å². The molecule has 0 radical (unpaired) electrons. The summed E-state index contributed by atoms with van der Waals surface area (Å²) in [5.74, 6) is 0.666. The van der Waals surface area contributed by atoms with Crippen LogP contribution in [0.25, 0.3) is 0 Å². The Balaban J connectivity index is 2.09. The Morgan fingerprint density at radius 3 is 2.78 bits per heavy atom. The highest BCUT2D eigenvalue weighted by atomic mass is 16.2. The van der Waals surface area contributed by atoms with Crippen LogP contribution in [0.2, 0.25) is 0 Å². The van der Waals surface area contributed by atoms with Gasteiger partial charge in [0.05, 0.1) is 18.4 Å². The molecule has 0 saturated heterocycles. The van der Waals surface area contributed by atoms with Crippen LogP contribution in [0.1, 0.15) is 16.3 Å². The zero-order valence-electron chi connectivity index (χ0n) is 10.4. The van der Waals surface area contributed by atoms with Gasteiger partial charge in [0.1, 0.15) is 11.5 Å². The quantitative estimate of drug-likeness (QED) is 0.862. The Kier molecular flexibility index (Phi) is 3.27. The van der Waals surface area contributed by atoms with E-state index in [-0.39, 0.29) is 5.91 Å². The van der Waals surface area contributed by atoms with E-state index >= 15 is 0 Å². The number of amides is 1. The number of hydrogen-bond donors (Lipinski definition) is 1. The number of nitrogens with zero attached hydrogens (tertiary/aromatic N) is 4. The standard InChI is InChI=1S/C12H15N5O/c1-16-6-5-14-11(16)8-17(2)12(18)10-4-3-9(13)7-15-10/h3-7H,8,13H2,1-2H3. The van der Waals surface area contributed by atoms with Crippen molar-refractivity contribution in [3.8, 4) is 0 Å². The first-order valence-electron chi connectivity index (χ1n) is 5.51. The molecular formula is C12H15N5O. The summed E-state index contributed by atoms with van der Waals surface area (Å²) in [4.78, 5) is 21.8. The summed E-state index contributed by atoms with van der Waals surface area (Å²) in [6.45, 7) is 0.439. The molecule has 1 amide bonds. The summed E-state index contributed by atoms with van der Waals surface area (Å²) in [5.41, 5.74) is 6.45. The second kappa shape index (κ2) is 4.87. The molecule has 94 valence electrons. The molecule has 0 spiro atoms. The molecule has 0 bridgehead atoms. The number of carbonyl (C=O) groups excluding carboxylic acids is 1. The van der Waals surface area contributed by atoms with Crippen LogP contribution in [-0.2, 0) is 13.6 Å². The molecule has 0 aliphatic heterocycles. The third-order valence-corrected chi connectivity index (χ3v) is 2.65. The van der Waals surface area contributed by atoms with Crippen LogP contribution in [0, 0.1) is 0 Å². The summed E-state index contributed by atoms with van der Waals surface area (Å²) in [6.07, 6.45) is 5.02. The number of rotatable bonds is 3. The largest absolute Gasteiger partial charge is 0.397 e. The van der Waals surface area contributed by atoms with Gasteiger partial charge in [-0.25, -0.2) is 9.97 Å². The second-order valence-corrected chi connectivity index (χ2v) is 4.09. The second-order valence-electron chi connectivity index (χ2n) is 4.09. The number of carbonyl (C=O) groups is 1. The lowest BCUT2D eigenvalue weighted by Crippen LogP contribution is -2.28. The Morgan fingerprint density at radius 2 is 2.22 bits per heavy atom. The van der Waals surface area contributed by atoms with E-state index in [1.54, 1.807) is 30.3 Å². The highest BCUT2D eigenvalue weighted by Crippen LogP contribution is 2.06. The van der Waals surface area contributed by atoms with E-state index in [0.717, 1.165) is 5.82 Å². The number of anilines is 1. The third kappa shape index (κ3) is 2.48. The van der Waals surface area contributed by atoms with Crippen molar-refractivity contribution >= 4 is 11.6 Å². The number of imidazole rings is 1. The zero-order chi connectivity index (χ0) is 13.1. The van der Waals surface area contributed by atoms with E-state index < -0.39 is 0 Å². The van der Waals surface area contributed by atoms with Crippen molar-refractivity contribution in [1.82, 2.24) is 19.4 Å². The average molecular weight is 245 g/mol. The first kappa shape index (κ1) is 12.1. The average Bonchev–Trinajstić information content (AvgIpc) is 2.75. The molecule has 0 aliphatic carbocycles. The minimum atomic E-state index is -0.155. The summed E-state index contributed by atoms with van der Waals surface area (Å²) in [6, 6.07) is 3.28. The maximum Gasteiger partial charge on any atom is 0.272 e. The Hall–Kier alpha value is -2.37. The highest BCUT2D eigenvalue weighted by molar-refractivity contribution is 5.92. The van der Waals surface area contributed by atoms with Gasteiger partial charge in [-0.05, 0) is 12.1 Å². The molecule has 2 aromatic rings. The van der Waals surface area contributed by atoms with Crippen LogP contribution in [0.15, 0.2) is 30.7 Å². The van der Waals surface area contributed by atoms with Gasteiger partial charge in [-0.2, -0.15) is 0 Å². The fourth-order valence-corrected chi connectivity index (χ4v) is 1.56. The molecule has 0 atom stereocenters. The third-order valence-electron chi connectivity index (χ3n) is 2.65. The summed E-state index contributed by atoms with van der Waals surface area (Å²) in [7, 11) is 3.61. The number of hydrogen-bond acceptors (Lipinski definition) is 4. The molecule has 2 heterocycles. The number of pyridine rings is 1. The summed E-state index contributed by atoms with van der Waals surface area (Å²) >= 11 is 0. The van der Waals surface area contributed by atoms with Crippen LogP contribution in [0.5, 0.6) is 0 Å². The molecule has 2 aromatic heterocycles. The van der Waals surface area contributed by atoms with Gasteiger partial charge in [0.15, 0.2) is 0 Å². The van der Waals surface area contributed by atoms with E-state index in [1.165, 1.54) is 6.20 Å². The minimum Gasteiger partial charge on any atom is -0.397 e. The summed E-state index contributed by atoms with van der Waals surface area (Å²) in [5, 5.41) is 0. The number of aromatic nitrogens is 3. The molecule has 2 N–H and O–H groups in total. The van der Waals surface area contributed by atoms with Crippen LogP contribution in [-0.4, -0.2) is 32.4 Å². The van der Waals surface area contributed by atoms with Crippen LogP contribution >= 0.6 is 0 Å². The fourth-order valence-electron chi connectivity index (χ4n) is 1.56. The van der Waals surface area contributed by atoms with E-state index in [4.69, 9.17) is 5.73 Å². The van der Waals surface area contributed by atoms with Crippen LogP contribution in [0.4, 0.5) is 5.69 Å². The number of nitrogens with two attached hydrogens (primary N) is 1. The van der Waals surface area contributed by atoms with Gasteiger partial charge >= 0.3 is 0 Å². The first-order valence-corrected chi connectivity index (χ1v) is 5.51. The Morgan fingerprint density at radius 1 is 1.44 bits per heavy atom. The van der Waals surface area contributed by atoms with Crippen molar-refractivity contribution in [3.63, 3.8) is 0 Å². The predicted octanol–water partition coefficient (Wildman–Crippen LogP) is 0.669. The maximum absolute atomic E-state index is 12.1. The molecule has 0 saturated carbocycles. The van der Waals surface area contributed by atoms with Crippen molar-refractivity contribution < 1.29 is 4.79 Å². The minimum absolute atomic E-state index is 0.155. The van der Waals surface area contributed by atoms with Crippen molar-refractivity contribution in [2.45, 2.75) is 6.54 Å². The maximum atomic E-state index is 12.1. The topological polar surface area (TPSA) is 77.0 Å². The smallest absolute Gasteiger partial charge is 0.272 e. The normalized spacial score (nSPS) is 10.3. The molecule has 6 heteroatoms. The van der Waals surface area contributed by atoms with Gasteiger partial charge in [-0.15, -0.1) is 0 Å². The van der Waals surface area contributed by atoms with Crippen molar-refractivity contribution in [2.24, 2.45) is 7.05 Å². The zero-order valence-corrected chi connectivity index (χ0v) is 10.4. The van der Waals surface area contributed by atoms with Gasteiger partial charge in [0.2, 0.25) is 0 Å². The molecule has 0 aromatic carbocycles. The van der Waals surface area contributed by atoms with E-state index in [2.05, 4.69) is 9.97 Å². The fraction of sp³-hybridized carbons (Fsp3) is 0.250. The van der Waals surface area contributed by atoms with Crippen molar-refractivity contribution in [1.29, 1.82) is 0 Å². The predicted molar refractivity (Wildman–Crippen MR) is 67.7 cm³/mol. The number of nitrogen functional groups attached to an aromatic ring is 1. The van der Waals surface area contributed by atoms with Crippen molar-refractivity contribution in [3.05, 3.63) is 42.2 Å². The van der Waals surface area contributed by atoms with Crippen LogP contribution in [0.3, 0.4) is 0 Å². The lowest BCUT2D eigenvalue weighted by atomic mass is 10.3. The lowest BCUT2D eigenvalue weighted by Gasteiger charge is -2.16. The van der Waals surface area contributed by atoms with Crippen LogP contribution < -0.4 is 5.73 Å². The van der Waals surface area contributed by atoms with Gasteiger partial charge in [-0.1, -0.05) is 0 Å². The molecule has 0 unspecified atom stereocenters. The molecule has 0 aliphatic rings. The molecule has 2 rings (SSSR count). The molecular weight excluding hydrogens is 230 g/mol. The van der Waals surface area contributed by atoms with E-state index in [9.17, 15) is 4.79 Å². The van der Waals surface area contributed by atoms with Gasteiger partial charge < -0.3 is 15.2 Å². The lowest BCUT2D eigenvalue weighted by molar-refractivity contribution is 0.0775. The molecule has 18 heavy (non-hydrogen) atoms. The van der Waals surface area contributed by atoms with E-state index in [1.807, 2.05) is 17.8 Å². The van der Waals surface area contributed by atoms with Crippen molar-refractivity contribution in [2.75, 3.05) is 12.8 Å². The molecule has 0 fully saturated rings. The van der Waals surface area contributed by atoms with E-state index in [0.29, 0.717) is 17.9 Å². The number of aryl methyl sites for hydroxylation is 1. The van der Waals surface area contributed by atoms with Gasteiger partial charge in [0, 0.05) is 26.5 Å². The summed E-state index contributed by atoms with van der Waals surface area (Å²) < 4.78 is 1.88. The van der Waals surface area contributed by atoms with Gasteiger partial charge in [-0.3, -0.25) is 4.79 Å². The monoisotopic (exact) mass is 245 g/mol. The first-order chi connectivity index (χ1) is 8.58. The highest BCUT2D eigenvalue weighted by Gasteiger charge is 2.14. The molecule has 6 nitrogen and oxygen atoms in total. The van der Waals surface area contributed by atoms with Gasteiger partial charge in [0.25, 0.3) is 5.91 Å². The SMILES string of the molecule is CN(Cc1nccn1C)C(=O)c1ccc(N)cn1. The Bertz CT molecular complexity index is 546.